The smallest absolute Gasteiger partial charge is 0.235 e. The van der Waals surface area contributed by atoms with Crippen LogP contribution in [0.3, 0.4) is 0 Å². The van der Waals surface area contributed by atoms with Crippen LogP contribution in [0.2, 0.25) is 0 Å². The Balaban J connectivity index is 1.46. The zero-order valence-corrected chi connectivity index (χ0v) is 20.8. The summed E-state index contributed by atoms with van der Waals surface area (Å²) in [7, 11) is -3.60. The highest BCUT2D eigenvalue weighted by atomic mass is 32.2. The largest absolute Gasteiger partial charge is 0.316 e. The van der Waals surface area contributed by atoms with E-state index in [-0.39, 0.29) is 28.1 Å². The molecular weight excluding hydrogens is 490 g/mol. The number of amides is 1. The maximum atomic E-state index is 12.8. The van der Waals surface area contributed by atoms with Crippen molar-refractivity contribution in [3.05, 3.63) is 64.8 Å². The first-order valence-corrected chi connectivity index (χ1v) is 14.2. The third-order valence-corrected chi connectivity index (χ3v) is 9.20. The average molecular weight is 514 g/mol. The molecule has 0 radical (unpaired) electrons. The van der Waals surface area contributed by atoms with Gasteiger partial charge in [-0.1, -0.05) is 36.0 Å². The monoisotopic (exact) mass is 513 g/mol. The minimum absolute atomic E-state index is 0.0497. The van der Waals surface area contributed by atoms with Crippen LogP contribution in [0.15, 0.2) is 53.0 Å². The lowest BCUT2D eigenvalue weighted by Gasteiger charge is -2.09. The summed E-state index contributed by atoms with van der Waals surface area (Å²) in [5, 5.41) is 21.7. The number of aryl methyl sites for hydroxylation is 1. The van der Waals surface area contributed by atoms with Crippen molar-refractivity contribution in [1.29, 1.82) is 5.26 Å². The summed E-state index contributed by atoms with van der Waals surface area (Å²) in [4.78, 5) is 14.0. The van der Waals surface area contributed by atoms with Crippen molar-refractivity contribution in [1.82, 2.24) is 14.8 Å². The summed E-state index contributed by atoms with van der Waals surface area (Å²) in [5.41, 5.74) is 1.64. The van der Waals surface area contributed by atoms with Crippen molar-refractivity contribution >= 4 is 43.8 Å². The lowest BCUT2D eigenvalue weighted by atomic mass is 9.96. The second-order valence-electron chi connectivity index (χ2n) is 7.73. The number of carbonyl (C=O) groups excluding carboxylic acids is 1. The Labute approximate surface area is 206 Å². The van der Waals surface area contributed by atoms with Gasteiger partial charge in [0.2, 0.25) is 5.91 Å². The van der Waals surface area contributed by atoms with E-state index < -0.39 is 9.84 Å². The third-order valence-electron chi connectivity index (χ3n) is 5.39. The number of thioether (sulfide) groups is 1. The molecule has 1 aliphatic carbocycles. The van der Waals surface area contributed by atoms with E-state index in [0.717, 1.165) is 43.0 Å². The number of carbonyl (C=O) groups is 1. The molecular formula is C23H23N5O3S3. The molecule has 1 amide bonds. The summed E-state index contributed by atoms with van der Waals surface area (Å²) < 4.78 is 27.2. The Morgan fingerprint density at radius 2 is 2.03 bits per heavy atom. The quantitative estimate of drug-likeness (QED) is 0.340. The van der Waals surface area contributed by atoms with Crippen LogP contribution in [0.25, 0.3) is 0 Å². The number of nitrogens with zero attached hydrogens (tertiary/aromatic N) is 4. The van der Waals surface area contributed by atoms with Crippen molar-refractivity contribution in [3.8, 4) is 6.07 Å². The predicted octanol–water partition coefficient (Wildman–Crippen LogP) is 3.98. The Bertz CT molecular complexity index is 1350. The van der Waals surface area contributed by atoms with Gasteiger partial charge >= 0.3 is 0 Å². The van der Waals surface area contributed by atoms with E-state index in [9.17, 15) is 18.5 Å². The predicted molar refractivity (Wildman–Crippen MR) is 133 cm³/mol. The van der Waals surface area contributed by atoms with Gasteiger partial charge in [-0.05, 0) is 43.4 Å². The second-order valence-corrected chi connectivity index (χ2v) is 11.8. The van der Waals surface area contributed by atoms with Crippen LogP contribution in [-0.2, 0) is 39.8 Å². The summed E-state index contributed by atoms with van der Waals surface area (Å²) in [6.07, 6.45) is 5.60. The van der Waals surface area contributed by atoms with Crippen LogP contribution in [0.1, 0.15) is 34.7 Å². The number of rotatable bonds is 9. The van der Waals surface area contributed by atoms with Crippen LogP contribution in [0, 0.1) is 11.3 Å². The molecule has 0 saturated carbocycles. The molecule has 0 bridgehead atoms. The number of fused-ring (bicyclic) bond motifs is 1. The minimum atomic E-state index is -3.60. The first-order chi connectivity index (χ1) is 16.4. The highest BCUT2D eigenvalue weighted by Gasteiger charge is 2.23. The molecule has 0 saturated heterocycles. The van der Waals surface area contributed by atoms with Crippen molar-refractivity contribution in [3.63, 3.8) is 0 Å². The average Bonchev–Trinajstić information content (AvgIpc) is 3.38. The van der Waals surface area contributed by atoms with Gasteiger partial charge in [-0.3, -0.25) is 4.79 Å². The van der Waals surface area contributed by atoms with Crippen LogP contribution < -0.4 is 5.32 Å². The molecule has 0 atom stereocenters. The highest BCUT2D eigenvalue weighted by molar-refractivity contribution is 7.99. The van der Waals surface area contributed by atoms with Crippen molar-refractivity contribution in [2.45, 2.75) is 48.0 Å². The number of hydrogen-bond acceptors (Lipinski definition) is 8. The molecule has 1 aliphatic rings. The summed E-state index contributed by atoms with van der Waals surface area (Å²) in [5.74, 6) is -0.235. The molecule has 2 aromatic heterocycles. The number of sulfone groups is 1. The normalized spacial score (nSPS) is 13.1. The SMILES string of the molecule is C=CCn1c(CS(=O)(=O)c2ccccc2)nnc1SCC(=O)Nc1sc2c(c1C#N)CCCC2. The Hall–Kier alpha value is -2.94. The van der Waals surface area contributed by atoms with Crippen molar-refractivity contribution < 1.29 is 13.2 Å². The number of hydrogen-bond donors (Lipinski definition) is 1. The molecule has 1 aromatic carbocycles. The first-order valence-electron chi connectivity index (χ1n) is 10.7. The van der Waals surface area contributed by atoms with Crippen molar-refractivity contribution in [2.24, 2.45) is 0 Å². The van der Waals surface area contributed by atoms with Gasteiger partial charge in [0.1, 0.15) is 22.6 Å². The fourth-order valence-corrected chi connectivity index (χ4v) is 7.11. The molecule has 0 unspecified atom stereocenters. The molecule has 0 spiro atoms. The third kappa shape index (κ3) is 5.24. The summed E-state index contributed by atoms with van der Waals surface area (Å²) in [6.45, 7) is 4.04. The second kappa shape index (κ2) is 10.5. The van der Waals surface area contributed by atoms with E-state index in [1.165, 1.54) is 16.2 Å². The van der Waals surface area contributed by atoms with Gasteiger partial charge in [-0.25, -0.2) is 8.42 Å². The standard InChI is InChI=1S/C23H23N5O3S3/c1-2-12-28-20(15-34(30,31)16-8-4-3-5-9-16)26-27-23(28)32-14-21(29)25-22-18(13-24)17-10-6-7-11-19(17)33-22/h2-5,8-9H,1,6-7,10-12,14-15H2,(H,25,29). The summed E-state index contributed by atoms with van der Waals surface area (Å²) >= 11 is 2.64. The number of nitrogens with one attached hydrogen (secondary N) is 1. The molecule has 0 fully saturated rings. The van der Waals surface area contributed by atoms with E-state index in [4.69, 9.17) is 0 Å². The van der Waals surface area contributed by atoms with E-state index in [1.54, 1.807) is 41.0 Å². The lowest BCUT2D eigenvalue weighted by molar-refractivity contribution is -0.113. The van der Waals surface area contributed by atoms with Gasteiger partial charge < -0.3 is 9.88 Å². The molecule has 4 rings (SSSR count). The van der Waals surface area contributed by atoms with E-state index in [0.29, 0.717) is 22.3 Å². The van der Waals surface area contributed by atoms with E-state index in [2.05, 4.69) is 28.2 Å². The number of benzene rings is 1. The molecule has 11 heteroatoms. The van der Waals surface area contributed by atoms with Gasteiger partial charge in [-0.15, -0.1) is 28.1 Å². The van der Waals surface area contributed by atoms with Crippen LogP contribution in [0.5, 0.6) is 0 Å². The number of thiophene rings is 1. The van der Waals surface area contributed by atoms with E-state index >= 15 is 0 Å². The van der Waals surface area contributed by atoms with Gasteiger partial charge in [0.05, 0.1) is 16.2 Å². The fourth-order valence-electron chi connectivity index (χ4n) is 3.79. The fraction of sp³-hybridized carbons (Fsp3) is 0.304. The molecule has 34 heavy (non-hydrogen) atoms. The summed E-state index contributed by atoms with van der Waals surface area (Å²) in [6, 6.07) is 10.4. The maximum absolute atomic E-state index is 12.8. The van der Waals surface area contributed by atoms with Gasteiger partial charge in [-0.2, -0.15) is 5.26 Å². The molecule has 0 aliphatic heterocycles. The van der Waals surface area contributed by atoms with Crippen LogP contribution >= 0.6 is 23.1 Å². The van der Waals surface area contributed by atoms with Gasteiger partial charge in [0.25, 0.3) is 0 Å². The van der Waals surface area contributed by atoms with E-state index in [1.807, 2.05) is 0 Å². The van der Waals surface area contributed by atoms with Crippen molar-refractivity contribution in [2.75, 3.05) is 11.1 Å². The number of nitriles is 1. The maximum Gasteiger partial charge on any atom is 0.235 e. The molecule has 2 heterocycles. The molecule has 1 N–H and O–H groups in total. The molecule has 8 nitrogen and oxygen atoms in total. The van der Waals surface area contributed by atoms with Crippen LogP contribution in [-0.4, -0.2) is 34.8 Å². The minimum Gasteiger partial charge on any atom is -0.316 e. The Morgan fingerprint density at radius 3 is 2.76 bits per heavy atom. The Kier molecular flexibility index (Phi) is 7.50. The molecule has 176 valence electrons. The van der Waals surface area contributed by atoms with Crippen LogP contribution in [0.4, 0.5) is 5.00 Å². The zero-order valence-electron chi connectivity index (χ0n) is 18.4. The Morgan fingerprint density at radius 1 is 1.26 bits per heavy atom. The molecule has 3 aromatic rings. The lowest BCUT2D eigenvalue weighted by Crippen LogP contribution is -2.15. The topological polar surface area (TPSA) is 118 Å². The first kappa shape index (κ1) is 24.2. The van der Waals surface area contributed by atoms with Gasteiger partial charge in [0.15, 0.2) is 15.0 Å². The number of anilines is 1. The van der Waals surface area contributed by atoms with Gasteiger partial charge in [0, 0.05) is 11.4 Å². The highest BCUT2D eigenvalue weighted by Crippen LogP contribution is 2.37. The number of allylic oxidation sites excluding steroid dienone is 1. The number of aromatic nitrogens is 3. The zero-order chi connectivity index (χ0) is 24.1.